The van der Waals surface area contributed by atoms with Gasteiger partial charge in [0.15, 0.2) is 0 Å². The van der Waals surface area contributed by atoms with E-state index >= 15 is 0 Å². The first kappa shape index (κ1) is 14.1. The van der Waals surface area contributed by atoms with Crippen molar-refractivity contribution in [1.82, 2.24) is 5.32 Å². The molecule has 0 radical (unpaired) electrons. The second-order valence-electron chi connectivity index (χ2n) is 6.98. The molecule has 2 N–H and O–H groups in total. The zero-order chi connectivity index (χ0) is 15.9. The monoisotopic (exact) mass is 314 g/mol. The van der Waals surface area contributed by atoms with E-state index in [0.29, 0.717) is 12.0 Å². The normalized spacial score (nSPS) is 22.5. The Hall–Kier alpha value is -2.32. The van der Waals surface area contributed by atoms with E-state index in [1.54, 1.807) is 0 Å². The van der Waals surface area contributed by atoms with Gasteiger partial charge in [0.1, 0.15) is 0 Å². The Labute approximate surface area is 142 Å². The van der Waals surface area contributed by atoms with E-state index in [1.165, 1.54) is 46.0 Å². The highest BCUT2D eigenvalue weighted by Gasteiger charge is 2.34. The molecule has 2 aliphatic heterocycles. The Morgan fingerprint density at radius 3 is 2.54 bits per heavy atom. The number of rotatable bonds is 1. The molecule has 0 spiro atoms. The Bertz CT molecular complexity index is 894. The first-order valence-corrected chi connectivity index (χ1v) is 9.00. The number of nitrogens with one attached hydrogen (secondary N) is 2. The maximum Gasteiger partial charge on any atom is 0.0384 e. The molecule has 24 heavy (non-hydrogen) atoms. The minimum Gasteiger partial charge on any atom is -0.381 e. The summed E-state index contributed by atoms with van der Waals surface area (Å²) in [6, 6.07) is 22.7. The van der Waals surface area contributed by atoms with Crippen molar-refractivity contribution in [2.75, 3.05) is 18.4 Å². The molecule has 0 unspecified atom stereocenters. The van der Waals surface area contributed by atoms with Gasteiger partial charge in [0.05, 0.1) is 0 Å². The number of benzene rings is 3. The van der Waals surface area contributed by atoms with Gasteiger partial charge in [-0.3, -0.25) is 0 Å². The third-order valence-electron chi connectivity index (χ3n) is 5.65. The summed E-state index contributed by atoms with van der Waals surface area (Å²) in [5, 5.41) is 10.0. The molecule has 0 bridgehead atoms. The SMILES string of the molecule is c1cc2c(c(-c3cccc4ccccc34)c1)[C@H]1CCNCC[C@@H]1N2. The van der Waals surface area contributed by atoms with Gasteiger partial charge in [-0.2, -0.15) is 0 Å². The molecule has 1 saturated heterocycles. The molecule has 2 aliphatic rings. The standard InChI is InChI=1S/C22H22N2/c1-2-7-16-15(5-1)6-3-8-17(16)18-9-4-10-21-22(18)19-11-13-23-14-12-20(19)24-21/h1-10,19-20,23-24H,11-14H2/t19-,20-/m0/s1. The fraction of sp³-hybridized carbons (Fsp3) is 0.273. The molecule has 120 valence electrons. The van der Waals surface area contributed by atoms with Crippen LogP contribution in [0.5, 0.6) is 0 Å². The lowest BCUT2D eigenvalue weighted by molar-refractivity contribution is 0.579. The predicted octanol–water partition coefficient (Wildman–Crippen LogP) is 4.77. The largest absolute Gasteiger partial charge is 0.381 e. The molecule has 0 saturated carbocycles. The molecule has 3 aromatic carbocycles. The summed E-state index contributed by atoms with van der Waals surface area (Å²) in [7, 11) is 0. The molecule has 0 aromatic heterocycles. The van der Waals surface area contributed by atoms with Crippen LogP contribution in [0.25, 0.3) is 21.9 Å². The molecular formula is C22H22N2. The van der Waals surface area contributed by atoms with Crippen LogP contribution in [0.3, 0.4) is 0 Å². The third kappa shape index (κ3) is 2.14. The number of hydrogen-bond acceptors (Lipinski definition) is 2. The van der Waals surface area contributed by atoms with Crippen molar-refractivity contribution in [3.8, 4) is 11.1 Å². The van der Waals surface area contributed by atoms with E-state index in [2.05, 4.69) is 71.3 Å². The van der Waals surface area contributed by atoms with Gasteiger partial charge in [-0.25, -0.2) is 0 Å². The third-order valence-corrected chi connectivity index (χ3v) is 5.65. The summed E-state index contributed by atoms with van der Waals surface area (Å²) < 4.78 is 0. The highest BCUT2D eigenvalue weighted by Crippen LogP contribution is 2.46. The van der Waals surface area contributed by atoms with Crippen LogP contribution in [0.2, 0.25) is 0 Å². The Kier molecular flexibility index (Phi) is 3.30. The van der Waals surface area contributed by atoms with E-state index in [0.717, 1.165) is 13.1 Å². The summed E-state index contributed by atoms with van der Waals surface area (Å²) in [4.78, 5) is 0. The summed E-state index contributed by atoms with van der Waals surface area (Å²) >= 11 is 0. The lowest BCUT2D eigenvalue weighted by Crippen LogP contribution is -2.21. The molecule has 3 aromatic rings. The van der Waals surface area contributed by atoms with Gasteiger partial charge in [-0.1, -0.05) is 54.6 Å². The van der Waals surface area contributed by atoms with Gasteiger partial charge in [0.25, 0.3) is 0 Å². The molecule has 0 aliphatic carbocycles. The van der Waals surface area contributed by atoms with Crippen molar-refractivity contribution in [2.24, 2.45) is 0 Å². The van der Waals surface area contributed by atoms with Gasteiger partial charge in [0.2, 0.25) is 0 Å². The van der Waals surface area contributed by atoms with Crippen LogP contribution in [-0.2, 0) is 0 Å². The second kappa shape index (κ2) is 5.64. The van der Waals surface area contributed by atoms with Crippen LogP contribution in [0, 0.1) is 0 Å². The molecule has 5 rings (SSSR count). The minimum absolute atomic E-state index is 0.575. The van der Waals surface area contributed by atoms with E-state index in [9.17, 15) is 0 Å². The maximum absolute atomic E-state index is 3.79. The van der Waals surface area contributed by atoms with Gasteiger partial charge in [0, 0.05) is 17.6 Å². The summed E-state index contributed by atoms with van der Waals surface area (Å²) in [5.74, 6) is 0.616. The van der Waals surface area contributed by atoms with E-state index < -0.39 is 0 Å². The second-order valence-corrected chi connectivity index (χ2v) is 6.98. The molecular weight excluding hydrogens is 292 g/mol. The summed E-state index contributed by atoms with van der Waals surface area (Å²) in [6.07, 6.45) is 2.42. The number of anilines is 1. The fourth-order valence-corrected chi connectivity index (χ4v) is 4.55. The molecule has 2 atom stereocenters. The molecule has 1 fully saturated rings. The van der Waals surface area contributed by atoms with Crippen LogP contribution in [0.4, 0.5) is 5.69 Å². The Balaban J connectivity index is 1.72. The van der Waals surface area contributed by atoms with Crippen molar-refractivity contribution in [1.29, 1.82) is 0 Å². The summed E-state index contributed by atoms with van der Waals surface area (Å²) in [5.41, 5.74) is 5.65. The first-order chi connectivity index (χ1) is 11.9. The smallest absolute Gasteiger partial charge is 0.0384 e. The minimum atomic E-state index is 0.575. The van der Waals surface area contributed by atoms with Crippen molar-refractivity contribution < 1.29 is 0 Å². The topological polar surface area (TPSA) is 24.1 Å². The molecule has 0 amide bonds. The van der Waals surface area contributed by atoms with Crippen molar-refractivity contribution >= 4 is 16.5 Å². The summed E-state index contributed by atoms with van der Waals surface area (Å²) in [6.45, 7) is 2.23. The van der Waals surface area contributed by atoms with E-state index in [1.807, 2.05) is 0 Å². The van der Waals surface area contributed by atoms with Crippen LogP contribution in [0.1, 0.15) is 24.3 Å². The molecule has 2 nitrogen and oxygen atoms in total. The predicted molar refractivity (Wildman–Crippen MR) is 102 cm³/mol. The van der Waals surface area contributed by atoms with Gasteiger partial charge in [-0.15, -0.1) is 0 Å². The highest BCUT2D eigenvalue weighted by atomic mass is 15.0. The van der Waals surface area contributed by atoms with Crippen LogP contribution in [0.15, 0.2) is 60.7 Å². The van der Waals surface area contributed by atoms with Crippen molar-refractivity contribution in [3.63, 3.8) is 0 Å². The zero-order valence-electron chi connectivity index (χ0n) is 13.8. The zero-order valence-corrected chi connectivity index (χ0v) is 13.8. The number of hydrogen-bond donors (Lipinski definition) is 2. The quantitative estimate of drug-likeness (QED) is 0.676. The maximum atomic E-state index is 3.79. The van der Waals surface area contributed by atoms with Gasteiger partial charge >= 0.3 is 0 Å². The Morgan fingerprint density at radius 2 is 1.54 bits per heavy atom. The lowest BCUT2D eigenvalue weighted by atomic mass is 9.85. The number of fused-ring (bicyclic) bond motifs is 4. The molecule has 2 heterocycles. The first-order valence-electron chi connectivity index (χ1n) is 9.00. The van der Waals surface area contributed by atoms with Gasteiger partial charge < -0.3 is 10.6 Å². The van der Waals surface area contributed by atoms with E-state index in [4.69, 9.17) is 0 Å². The molecule has 2 heteroatoms. The lowest BCUT2D eigenvalue weighted by Gasteiger charge is -2.19. The average Bonchev–Trinajstić information content (AvgIpc) is 2.83. The van der Waals surface area contributed by atoms with Gasteiger partial charge in [-0.05, 0) is 59.5 Å². The average molecular weight is 314 g/mol. The van der Waals surface area contributed by atoms with Crippen LogP contribution < -0.4 is 10.6 Å². The van der Waals surface area contributed by atoms with Crippen molar-refractivity contribution in [3.05, 3.63) is 66.2 Å². The van der Waals surface area contributed by atoms with Crippen molar-refractivity contribution in [2.45, 2.75) is 24.8 Å². The van der Waals surface area contributed by atoms with Crippen LogP contribution >= 0.6 is 0 Å². The van der Waals surface area contributed by atoms with Crippen LogP contribution in [-0.4, -0.2) is 19.1 Å². The Morgan fingerprint density at radius 1 is 0.750 bits per heavy atom. The highest BCUT2D eigenvalue weighted by molar-refractivity contribution is 5.98. The van der Waals surface area contributed by atoms with E-state index in [-0.39, 0.29) is 0 Å². The fourth-order valence-electron chi connectivity index (χ4n) is 4.55.